The average molecular weight is 444 g/mol. The lowest BCUT2D eigenvalue weighted by molar-refractivity contribution is 0.592. The van der Waals surface area contributed by atoms with Crippen molar-refractivity contribution in [3.63, 3.8) is 0 Å². The van der Waals surface area contributed by atoms with Gasteiger partial charge in [-0.15, -0.1) is 0 Å². The van der Waals surface area contributed by atoms with Crippen LogP contribution in [0.2, 0.25) is 10.0 Å². The van der Waals surface area contributed by atoms with Crippen molar-refractivity contribution in [2.75, 3.05) is 10.8 Å². The zero-order chi connectivity index (χ0) is 20.4. The average Bonchev–Trinajstić information content (AvgIpc) is 2.73. The fraction of sp³-hybridized carbons (Fsp3) is 0.130. The topological polar surface area (TPSA) is 37.4 Å². The van der Waals surface area contributed by atoms with Gasteiger partial charge in [-0.1, -0.05) is 53.5 Å². The van der Waals surface area contributed by atoms with E-state index in [4.69, 9.17) is 23.2 Å². The number of benzene rings is 3. The molecule has 3 aromatic carbocycles. The standard InChI is InChI=1S/C23H19Cl2NO2S/c24-20-7-11-22(12-8-20)26(29(27,28)23-13-9-21(25)10-14-23)16-17-5-6-18-3-1-2-4-19(18)15-17/h1-4,7-15H,5-6,16H2. The Bertz CT molecular complexity index is 1150. The van der Waals surface area contributed by atoms with Gasteiger partial charge in [0.1, 0.15) is 0 Å². The number of hydrogen-bond acceptors (Lipinski definition) is 2. The summed E-state index contributed by atoms with van der Waals surface area (Å²) < 4.78 is 28.4. The summed E-state index contributed by atoms with van der Waals surface area (Å²) in [4.78, 5) is 0.202. The van der Waals surface area contributed by atoms with Gasteiger partial charge in [0.2, 0.25) is 0 Å². The molecular formula is C23H19Cl2NO2S. The van der Waals surface area contributed by atoms with Crippen LogP contribution >= 0.6 is 23.2 Å². The van der Waals surface area contributed by atoms with Gasteiger partial charge in [-0.2, -0.15) is 0 Å². The molecule has 0 aromatic heterocycles. The van der Waals surface area contributed by atoms with Crippen LogP contribution in [0.25, 0.3) is 6.08 Å². The SMILES string of the molecule is O=S(=O)(c1ccc(Cl)cc1)N(CC1=Cc2ccccc2CC1)c1ccc(Cl)cc1. The van der Waals surface area contributed by atoms with E-state index in [0.29, 0.717) is 15.7 Å². The fourth-order valence-electron chi connectivity index (χ4n) is 3.46. The first kappa shape index (κ1) is 20.0. The van der Waals surface area contributed by atoms with Gasteiger partial charge in [0.25, 0.3) is 10.0 Å². The minimum Gasteiger partial charge on any atom is -0.262 e. The first-order valence-corrected chi connectivity index (χ1v) is 11.4. The Balaban J connectivity index is 1.74. The number of rotatable bonds is 5. The maximum absolute atomic E-state index is 13.5. The molecule has 0 radical (unpaired) electrons. The van der Waals surface area contributed by atoms with Crippen molar-refractivity contribution in [3.05, 3.63) is 99.5 Å². The second-order valence-corrected chi connectivity index (χ2v) is 9.68. The van der Waals surface area contributed by atoms with E-state index >= 15 is 0 Å². The monoisotopic (exact) mass is 443 g/mol. The molecule has 0 saturated heterocycles. The smallest absolute Gasteiger partial charge is 0.262 e. The molecule has 4 rings (SSSR count). The van der Waals surface area contributed by atoms with E-state index in [0.717, 1.165) is 24.0 Å². The molecular weight excluding hydrogens is 425 g/mol. The van der Waals surface area contributed by atoms with Crippen LogP contribution in [-0.4, -0.2) is 15.0 Å². The van der Waals surface area contributed by atoms with Crippen LogP contribution in [0.5, 0.6) is 0 Å². The summed E-state index contributed by atoms with van der Waals surface area (Å²) in [6.45, 7) is 0.279. The lowest BCUT2D eigenvalue weighted by Gasteiger charge is -2.27. The minimum atomic E-state index is -3.77. The van der Waals surface area contributed by atoms with E-state index in [9.17, 15) is 8.42 Å². The quantitative estimate of drug-likeness (QED) is 0.469. The first-order chi connectivity index (χ1) is 13.9. The highest BCUT2D eigenvalue weighted by Gasteiger charge is 2.26. The van der Waals surface area contributed by atoms with Gasteiger partial charge >= 0.3 is 0 Å². The highest BCUT2D eigenvalue weighted by Crippen LogP contribution is 2.30. The predicted molar refractivity (Wildman–Crippen MR) is 120 cm³/mol. The predicted octanol–water partition coefficient (Wildman–Crippen LogP) is 6.22. The molecule has 0 atom stereocenters. The van der Waals surface area contributed by atoms with Crippen LogP contribution in [0, 0.1) is 0 Å². The van der Waals surface area contributed by atoms with Crippen molar-refractivity contribution >= 4 is 45.0 Å². The number of fused-ring (bicyclic) bond motifs is 1. The molecule has 0 aliphatic heterocycles. The Morgan fingerprint density at radius 1 is 0.793 bits per heavy atom. The summed E-state index contributed by atoms with van der Waals surface area (Å²) in [5.41, 5.74) is 4.07. The molecule has 1 aliphatic carbocycles. The summed E-state index contributed by atoms with van der Waals surface area (Å²) in [6.07, 6.45) is 3.81. The zero-order valence-corrected chi connectivity index (χ0v) is 17.9. The highest BCUT2D eigenvalue weighted by molar-refractivity contribution is 7.92. The number of halogens is 2. The van der Waals surface area contributed by atoms with Crippen molar-refractivity contribution in [1.29, 1.82) is 0 Å². The number of aryl methyl sites for hydroxylation is 1. The molecule has 6 heteroatoms. The molecule has 3 nitrogen and oxygen atoms in total. The summed E-state index contributed by atoms with van der Waals surface area (Å²) >= 11 is 12.0. The molecule has 0 heterocycles. The third-order valence-electron chi connectivity index (χ3n) is 4.99. The van der Waals surface area contributed by atoms with E-state index in [1.807, 2.05) is 12.1 Å². The normalized spacial score (nSPS) is 13.5. The van der Waals surface area contributed by atoms with Crippen molar-refractivity contribution in [2.24, 2.45) is 0 Å². The van der Waals surface area contributed by atoms with Gasteiger partial charge in [-0.3, -0.25) is 4.31 Å². The summed E-state index contributed by atoms with van der Waals surface area (Å²) in [7, 11) is -3.77. The molecule has 0 fully saturated rings. The van der Waals surface area contributed by atoms with Gasteiger partial charge < -0.3 is 0 Å². The van der Waals surface area contributed by atoms with Gasteiger partial charge in [-0.05, 0) is 78.1 Å². The number of nitrogens with zero attached hydrogens (tertiary/aromatic N) is 1. The Labute approximate surface area is 181 Å². The maximum Gasteiger partial charge on any atom is 0.264 e. The third-order valence-corrected chi connectivity index (χ3v) is 7.29. The van der Waals surface area contributed by atoms with Crippen LogP contribution in [0.1, 0.15) is 17.5 Å². The second kappa shape index (κ2) is 8.23. The van der Waals surface area contributed by atoms with Crippen LogP contribution in [-0.2, 0) is 16.4 Å². The van der Waals surface area contributed by atoms with Crippen LogP contribution in [0.15, 0.2) is 83.3 Å². The molecule has 0 amide bonds. The zero-order valence-electron chi connectivity index (χ0n) is 15.6. The molecule has 1 aliphatic rings. The lowest BCUT2D eigenvalue weighted by Crippen LogP contribution is -2.33. The van der Waals surface area contributed by atoms with Gasteiger partial charge in [0.05, 0.1) is 17.1 Å². The molecule has 0 unspecified atom stereocenters. The second-order valence-electron chi connectivity index (χ2n) is 6.94. The van der Waals surface area contributed by atoms with Crippen LogP contribution in [0.3, 0.4) is 0 Å². The fourth-order valence-corrected chi connectivity index (χ4v) is 5.18. The third kappa shape index (κ3) is 4.35. The molecule has 29 heavy (non-hydrogen) atoms. The van der Waals surface area contributed by atoms with E-state index < -0.39 is 10.0 Å². The summed E-state index contributed by atoms with van der Waals surface area (Å²) in [5, 5.41) is 1.05. The molecule has 148 valence electrons. The first-order valence-electron chi connectivity index (χ1n) is 9.25. The van der Waals surface area contributed by atoms with Crippen molar-refractivity contribution < 1.29 is 8.42 Å². The Kier molecular flexibility index (Phi) is 5.68. The number of hydrogen-bond donors (Lipinski definition) is 0. The lowest BCUT2D eigenvalue weighted by atomic mass is 9.92. The largest absolute Gasteiger partial charge is 0.264 e. The van der Waals surface area contributed by atoms with Gasteiger partial charge in [0, 0.05) is 10.0 Å². The van der Waals surface area contributed by atoms with Gasteiger partial charge in [0.15, 0.2) is 0 Å². The molecule has 3 aromatic rings. The number of anilines is 1. The van der Waals surface area contributed by atoms with Crippen molar-refractivity contribution in [2.45, 2.75) is 17.7 Å². The Morgan fingerprint density at radius 3 is 2.10 bits per heavy atom. The van der Waals surface area contributed by atoms with Crippen LogP contribution in [0.4, 0.5) is 5.69 Å². The van der Waals surface area contributed by atoms with Crippen molar-refractivity contribution in [1.82, 2.24) is 0 Å². The maximum atomic E-state index is 13.5. The Hall–Kier alpha value is -2.27. The summed E-state index contributed by atoms with van der Waals surface area (Å²) in [5.74, 6) is 0. The highest BCUT2D eigenvalue weighted by atomic mass is 35.5. The molecule has 0 N–H and O–H groups in total. The Morgan fingerprint density at radius 2 is 1.41 bits per heavy atom. The van der Waals surface area contributed by atoms with Crippen LogP contribution < -0.4 is 4.31 Å². The van der Waals surface area contributed by atoms with E-state index in [1.165, 1.54) is 22.0 Å². The van der Waals surface area contributed by atoms with Crippen molar-refractivity contribution in [3.8, 4) is 0 Å². The van der Waals surface area contributed by atoms with E-state index in [-0.39, 0.29) is 11.4 Å². The molecule has 0 spiro atoms. The van der Waals surface area contributed by atoms with E-state index in [2.05, 4.69) is 18.2 Å². The van der Waals surface area contributed by atoms with E-state index in [1.54, 1.807) is 36.4 Å². The summed E-state index contributed by atoms with van der Waals surface area (Å²) in [6, 6.07) is 21.3. The minimum absolute atomic E-state index is 0.202. The molecule has 0 bridgehead atoms. The molecule has 0 saturated carbocycles. The van der Waals surface area contributed by atoms with Gasteiger partial charge in [-0.25, -0.2) is 8.42 Å². The number of sulfonamides is 1.